The van der Waals surface area contributed by atoms with Gasteiger partial charge in [-0.3, -0.25) is 4.90 Å². The number of halogens is 1. The molecule has 26 heavy (non-hydrogen) atoms. The summed E-state index contributed by atoms with van der Waals surface area (Å²) in [6.45, 7) is 6.98. The molecule has 2 saturated heterocycles. The van der Waals surface area contributed by atoms with Crippen molar-refractivity contribution in [1.82, 2.24) is 20.2 Å². The largest absolute Gasteiger partial charge is 0.464 e. The molecule has 1 atom stereocenters. The number of carbonyl (C=O) groups is 1. The number of esters is 1. The molecule has 0 aromatic carbocycles. The Bertz CT molecular complexity index is 652. The number of nitrogens with two attached hydrogens (primary N) is 1. The van der Waals surface area contributed by atoms with Gasteiger partial charge >= 0.3 is 5.97 Å². The van der Waals surface area contributed by atoms with Crippen LogP contribution in [0.5, 0.6) is 0 Å². The summed E-state index contributed by atoms with van der Waals surface area (Å²) in [6.07, 6.45) is 3.44. The Labute approximate surface area is 159 Å². The molecule has 3 heterocycles. The molecular weight excluding hydrogens is 356 g/mol. The Balaban J connectivity index is 1.77. The highest BCUT2D eigenvalue weighted by Crippen LogP contribution is 2.29. The first-order valence-electron chi connectivity index (χ1n) is 9.17. The van der Waals surface area contributed by atoms with E-state index >= 15 is 0 Å². The van der Waals surface area contributed by atoms with Gasteiger partial charge in [0.1, 0.15) is 0 Å². The molecule has 2 aliphatic heterocycles. The number of rotatable bonds is 4. The molecule has 0 aliphatic carbocycles. The number of methoxy groups -OCH3 is 1. The molecular formula is C17H27ClN6O2. The first kappa shape index (κ1) is 19.1. The third kappa shape index (κ3) is 3.87. The zero-order valence-corrected chi connectivity index (χ0v) is 16.1. The second-order valence-electron chi connectivity index (χ2n) is 6.79. The van der Waals surface area contributed by atoms with E-state index in [4.69, 9.17) is 17.3 Å². The predicted molar refractivity (Wildman–Crippen MR) is 102 cm³/mol. The second kappa shape index (κ2) is 8.37. The van der Waals surface area contributed by atoms with Crippen LogP contribution in [0.2, 0.25) is 5.15 Å². The molecule has 1 aromatic rings. The van der Waals surface area contributed by atoms with E-state index in [0.29, 0.717) is 17.9 Å². The third-order valence-corrected chi connectivity index (χ3v) is 5.57. The molecule has 2 aliphatic rings. The molecule has 0 unspecified atom stereocenters. The quantitative estimate of drug-likeness (QED) is 0.748. The van der Waals surface area contributed by atoms with Gasteiger partial charge in [0.15, 0.2) is 22.5 Å². The van der Waals surface area contributed by atoms with Gasteiger partial charge in [-0.2, -0.15) is 0 Å². The lowest BCUT2D eigenvalue weighted by Gasteiger charge is -2.46. The predicted octanol–water partition coefficient (Wildman–Crippen LogP) is 1.15. The van der Waals surface area contributed by atoms with Crippen LogP contribution in [-0.2, 0) is 4.74 Å². The molecule has 0 saturated carbocycles. The molecule has 8 nitrogen and oxygen atoms in total. The second-order valence-corrected chi connectivity index (χ2v) is 7.15. The number of anilines is 2. The molecule has 9 heteroatoms. The van der Waals surface area contributed by atoms with Crippen LogP contribution in [-0.4, -0.2) is 72.8 Å². The normalized spacial score (nSPS) is 22.4. The highest BCUT2D eigenvalue weighted by Gasteiger charge is 2.33. The highest BCUT2D eigenvalue weighted by atomic mass is 35.5. The number of nitrogens with zero attached hydrogens (tertiary/aromatic N) is 4. The van der Waals surface area contributed by atoms with Gasteiger partial charge in [-0.25, -0.2) is 14.8 Å². The van der Waals surface area contributed by atoms with Gasteiger partial charge in [0.25, 0.3) is 0 Å². The van der Waals surface area contributed by atoms with Crippen LogP contribution < -0.4 is 16.0 Å². The minimum absolute atomic E-state index is 0.0402. The monoisotopic (exact) mass is 382 g/mol. The molecule has 2 fully saturated rings. The molecule has 3 N–H and O–H groups in total. The van der Waals surface area contributed by atoms with E-state index in [0.717, 1.165) is 39.1 Å². The smallest absolute Gasteiger partial charge is 0.360 e. The number of hydrogen-bond acceptors (Lipinski definition) is 8. The van der Waals surface area contributed by atoms with Crippen molar-refractivity contribution in [3.05, 3.63) is 10.8 Å². The summed E-state index contributed by atoms with van der Waals surface area (Å²) in [4.78, 5) is 24.9. The summed E-state index contributed by atoms with van der Waals surface area (Å²) >= 11 is 6.31. The third-order valence-electron chi connectivity index (χ3n) is 5.32. The van der Waals surface area contributed by atoms with Crippen LogP contribution in [0.4, 0.5) is 11.6 Å². The fourth-order valence-electron chi connectivity index (χ4n) is 3.91. The van der Waals surface area contributed by atoms with Crippen LogP contribution in [0.1, 0.15) is 36.7 Å². The minimum atomic E-state index is -0.634. The number of nitrogen functional groups attached to an aromatic ring is 1. The van der Waals surface area contributed by atoms with Crippen LogP contribution in [0.15, 0.2) is 0 Å². The van der Waals surface area contributed by atoms with Gasteiger partial charge in [0.2, 0.25) is 0 Å². The average Bonchev–Trinajstić information content (AvgIpc) is 2.69. The zero-order valence-electron chi connectivity index (χ0n) is 15.4. The van der Waals surface area contributed by atoms with Gasteiger partial charge < -0.3 is 20.7 Å². The van der Waals surface area contributed by atoms with E-state index in [1.54, 1.807) is 0 Å². The van der Waals surface area contributed by atoms with Crippen molar-refractivity contribution >= 4 is 29.2 Å². The number of ether oxygens (including phenoxy) is 1. The summed E-state index contributed by atoms with van der Waals surface area (Å²) in [7, 11) is 1.27. The van der Waals surface area contributed by atoms with E-state index in [1.807, 2.05) is 0 Å². The molecule has 3 rings (SSSR count). The summed E-state index contributed by atoms with van der Waals surface area (Å²) in [5, 5.41) is 3.61. The number of hydrogen-bond donors (Lipinski definition) is 2. The van der Waals surface area contributed by atoms with E-state index in [2.05, 4.69) is 36.7 Å². The fourth-order valence-corrected chi connectivity index (χ4v) is 4.16. The Morgan fingerprint density at radius 2 is 2.08 bits per heavy atom. The van der Waals surface area contributed by atoms with Gasteiger partial charge in [-0.05, 0) is 32.4 Å². The SMILES string of the molecule is CC[C@H]1CN(c2nc(N)c(C(=O)OC)nc2Cl)CCN1C1CCNCC1. The summed E-state index contributed by atoms with van der Waals surface area (Å²) in [5.41, 5.74) is 5.87. The minimum Gasteiger partial charge on any atom is -0.464 e. The Morgan fingerprint density at radius 1 is 1.35 bits per heavy atom. The van der Waals surface area contributed by atoms with Gasteiger partial charge in [0.05, 0.1) is 7.11 Å². The Kier molecular flexibility index (Phi) is 6.16. The first-order chi connectivity index (χ1) is 12.5. The summed E-state index contributed by atoms with van der Waals surface area (Å²) < 4.78 is 4.67. The number of piperazine rings is 1. The van der Waals surface area contributed by atoms with Crippen molar-refractivity contribution in [2.24, 2.45) is 0 Å². The number of piperidine rings is 1. The van der Waals surface area contributed by atoms with Crippen LogP contribution in [0, 0.1) is 0 Å². The molecule has 1 aromatic heterocycles. The van der Waals surface area contributed by atoms with E-state index in [9.17, 15) is 4.79 Å². The zero-order chi connectivity index (χ0) is 18.7. The molecule has 0 spiro atoms. The van der Waals surface area contributed by atoms with Crippen molar-refractivity contribution in [3.63, 3.8) is 0 Å². The Morgan fingerprint density at radius 3 is 2.73 bits per heavy atom. The topological polar surface area (TPSA) is 96.6 Å². The van der Waals surface area contributed by atoms with Gasteiger partial charge in [-0.1, -0.05) is 18.5 Å². The summed E-state index contributed by atoms with van der Waals surface area (Å²) in [6, 6.07) is 1.07. The van der Waals surface area contributed by atoms with E-state index in [1.165, 1.54) is 20.0 Å². The number of nitrogens with one attached hydrogen (secondary N) is 1. The summed E-state index contributed by atoms with van der Waals surface area (Å²) in [5.74, 6) is -0.0454. The maximum absolute atomic E-state index is 11.7. The molecule has 0 radical (unpaired) electrons. The maximum Gasteiger partial charge on any atom is 0.360 e. The van der Waals surface area contributed by atoms with Crippen LogP contribution in [0.3, 0.4) is 0 Å². The molecule has 0 bridgehead atoms. The van der Waals surface area contributed by atoms with Crippen molar-refractivity contribution in [2.45, 2.75) is 38.3 Å². The average molecular weight is 383 g/mol. The van der Waals surface area contributed by atoms with Crippen molar-refractivity contribution in [2.75, 3.05) is 50.5 Å². The fraction of sp³-hybridized carbons (Fsp3) is 0.706. The molecule has 0 amide bonds. The lowest BCUT2D eigenvalue weighted by atomic mass is 9.99. The van der Waals surface area contributed by atoms with Crippen molar-refractivity contribution in [3.8, 4) is 0 Å². The number of carbonyl (C=O) groups excluding carboxylic acids is 1. The lowest BCUT2D eigenvalue weighted by Crippen LogP contribution is -2.58. The van der Waals surface area contributed by atoms with Crippen LogP contribution >= 0.6 is 11.6 Å². The van der Waals surface area contributed by atoms with Crippen molar-refractivity contribution < 1.29 is 9.53 Å². The maximum atomic E-state index is 11.7. The first-order valence-corrected chi connectivity index (χ1v) is 9.55. The standard InChI is InChI=1S/C17H27ClN6O2/c1-3-11-10-23(8-9-24(11)12-4-6-20-7-5-12)16-14(18)21-13(15(19)22-16)17(25)26-2/h11-12,20H,3-10H2,1-2H3,(H2,19,22)/t11-/m0/s1. The molecule has 144 valence electrons. The lowest BCUT2D eigenvalue weighted by molar-refractivity contribution is 0.0595. The highest BCUT2D eigenvalue weighted by molar-refractivity contribution is 6.32. The van der Waals surface area contributed by atoms with Crippen LogP contribution in [0.25, 0.3) is 0 Å². The number of aromatic nitrogens is 2. The Hall–Kier alpha value is -1.64. The van der Waals surface area contributed by atoms with E-state index < -0.39 is 5.97 Å². The van der Waals surface area contributed by atoms with Crippen molar-refractivity contribution in [1.29, 1.82) is 0 Å². The van der Waals surface area contributed by atoms with E-state index in [-0.39, 0.29) is 16.7 Å². The van der Waals surface area contributed by atoms with Gasteiger partial charge in [0, 0.05) is 31.7 Å². The van der Waals surface area contributed by atoms with Gasteiger partial charge in [-0.15, -0.1) is 0 Å².